The molecular formula is C18H16F2N2O3. The fraction of sp³-hybridized carbons (Fsp3) is 0.222. The van der Waals surface area contributed by atoms with E-state index < -0.39 is 17.5 Å². The maximum absolute atomic E-state index is 13.2. The Hall–Kier alpha value is -2.96. The van der Waals surface area contributed by atoms with Crippen molar-refractivity contribution >= 4 is 17.5 Å². The number of anilines is 1. The number of halogens is 2. The van der Waals surface area contributed by atoms with Crippen LogP contribution in [0.15, 0.2) is 42.5 Å². The van der Waals surface area contributed by atoms with Crippen molar-refractivity contribution in [3.05, 3.63) is 59.7 Å². The number of hydrogen-bond donors (Lipinski definition) is 1. The number of carbonyl (C=O) groups excluding carboxylic acids is 2. The van der Waals surface area contributed by atoms with Crippen molar-refractivity contribution in [3.63, 3.8) is 0 Å². The van der Waals surface area contributed by atoms with Crippen LogP contribution < -0.4 is 10.1 Å². The Morgan fingerprint density at radius 1 is 1.12 bits per heavy atom. The number of rotatable bonds is 4. The Kier molecular flexibility index (Phi) is 4.65. The first kappa shape index (κ1) is 16.9. The second kappa shape index (κ2) is 6.88. The minimum atomic E-state index is -1.07. The molecule has 0 atom stereocenters. The number of ether oxygens (including phenoxy) is 1. The number of benzene rings is 2. The maximum Gasteiger partial charge on any atom is 0.254 e. The molecule has 0 spiro atoms. The van der Waals surface area contributed by atoms with Crippen LogP contribution in [0.1, 0.15) is 10.4 Å². The average molecular weight is 346 g/mol. The molecule has 1 N–H and O–H groups in total. The zero-order valence-electron chi connectivity index (χ0n) is 13.5. The van der Waals surface area contributed by atoms with E-state index in [1.165, 1.54) is 18.1 Å². The van der Waals surface area contributed by atoms with E-state index in [9.17, 15) is 18.4 Å². The molecule has 2 amide bonds. The highest BCUT2D eigenvalue weighted by molar-refractivity contribution is 5.99. The molecule has 0 radical (unpaired) electrons. The van der Waals surface area contributed by atoms with Crippen molar-refractivity contribution in [2.45, 2.75) is 0 Å². The average Bonchev–Trinajstić information content (AvgIpc) is 2.56. The highest BCUT2D eigenvalue weighted by Crippen LogP contribution is 2.26. The number of likely N-dealkylation sites (tertiary alicyclic amines) is 1. The van der Waals surface area contributed by atoms with Gasteiger partial charge in [-0.3, -0.25) is 9.59 Å². The molecule has 2 aromatic carbocycles. The highest BCUT2D eigenvalue weighted by Gasteiger charge is 2.36. The Bertz CT molecular complexity index is 820. The van der Waals surface area contributed by atoms with Gasteiger partial charge in [-0.2, -0.15) is 0 Å². The van der Waals surface area contributed by atoms with Crippen molar-refractivity contribution in [3.8, 4) is 5.75 Å². The molecule has 1 aliphatic rings. The predicted octanol–water partition coefficient (Wildman–Crippen LogP) is 2.68. The van der Waals surface area contributed by atoms with Gasteiger partial charge in [-0.05, 0) is 30.3 Å². The van der Waals surface area contributed by atoms with Crippen molar-refractivity contribution in [1.82, 2.24) is 4.90 Å². The van der Waals surface area contributed by atoms with Gasteiger partial charge in [0.25, 0.3) is 5.91 Å². The third-order valence-electron chi connectivity index (χ3n) is 4.07. The van der Waals surface area contributed by atoms with Crippen molar-refractivity contribution in [2.24, 2.45) is 5.92 Å². The van der Waals surface area contributed by atoms with Crippen LogP contribution in [-0.2, 0) is 4.79 Å². The summed E-state index contributed by atoms with van der Waals surface area (Å²) in [4.78, 5) is 25.9. The zero-order chi connectivity index (χ0) is 18.0. The smallest absolute Gasteiger partial charge is 0.254 e. The Morgan fingerprint density at radius 2 is 1.84 bits per heavy atom. The third kappa shape index (κ3) is 3.45. The van der Waals surface area contributed by atoms with E-state index in [-0.39, 0.29) is 30.5 Å². The van der Waals surface area contributed by atoms with Gasteiger partial charge in [0.2, 0.25) is 5.91 Å². The SMILES string of the molecule is COc1ccccc1NC(=O)C1CN(C(=O)c2ccc(F)c(F)c2)C1. The zero-order valence-corrected chi connectivity index (χ0v) is 13.5. The van der Waals surface area contributed by atoms with E-state index >= 15 is 0 Å². The molecule has 0 aromatic heterocycles. The normalized spacial score (nSPS) is 14.0. The van der Waals surface area contributed by atoms with E-state index in [1.807, 2.05) is 0 Å². The Labute approximate surface area is 143 Å². The molecular weight excluding hydrogens is 330 g/mol. The van der Waals surface area contributed by atoms with Crippen LogP contribution in [0.4, 0.5) is 14.5 Å². The molecule has 7 heteroatoms. The molecule has 0 saturated carbocycles. The standard InChI is InChI=1S/C18H16F2N2O3/c1-25-16-5-3-2-4-15(16)21-17(23)12-9-22(10-12)18(24)11-6-7-13(19)14(20)8-11/h2-8,12H,9-10H2,1H3,(H,21,23). The molecule has 1 saturated heterocycles. The lowest BCUT2D eigenvalue weighted by molar-refractivity contribution is -0.123. The van der Waals surface area contributed by atoms with Crippen LogP contribution in [0.25, 0.3) is 0 Å². The van der Waals surface area contributed by atoms with Crippen molar-refractivity contribution in [1.29, 1.82) is 0 Å². The first-order valence-electron chi connectivity index (χ1n) is 7.68. The molecule has 3 rings (SSSR count). The maximum atomic E-state index is 13.2. The van der Waals surface area contributed by atoms with Crippen molar-refractivity contribution < 1.29 is 23.1 Å². The van der Waals surface area contributed by atoms with Crippen LogP contribution in [-0.4, -0.2) is 36.9 Å². The quantitative estimate of drug-likeness (QED) is 0.926. The van der Waals surface area contributed by atoms with Gasteiger partial charge in [0.05, 0.1) is 18.7 Å². The summed E-state index contributed by atoms with van der Waals surface area (Å²) in [6, 6.07) is 10.0. The molecule has 5 nitrogen and oxygen atoms in total. The molecule has 130 valence electrons. The number of nitrogens with one attached hydrogen (secondary N) is 1. The molecule has 0 unspecified atom stereocenters. The van der Waals surface area contributed by atoms with E-state index in [1.54, 1.807) is 24.3 Å². The molecule has 1 fully saturated rings. The van der Waals surface area contributed by atoms with E-state index in [4.69, 9.17) is 4.74 Å². The fourth-order valence-electron chi connectivity index (χ4n) is 2.60. The molecule has 0 aliphatic carbocycles. The third-order valence-corrected chi connectivity index (χ3v) is 4.07. The summed E-state index contributed by atoms with van der Waals surface area (Å²) in [7, 11) is 1.51. The lowest BCUT2D eigenvalue weighted by atomic mass is 9.97. The van der Waals surface area contributed by atoms with Crippen LogP contribution in [0, 0.1) is 17.6 Å². The van der Waals surface area contributed by atoms with Gasteiger partial charge in [-0.1, -0.05) is 12.1 Å². The highest BCUT2D eigenvalue weighted by atomic mass is 19.2. The number of amides is 2. The first-order valence-corrected chi connectivity index (χ1v) is 7.68. The van der Waals surface area contributed by atoms with Crippen LogP contribution in [0.5, 0.6) is 5.75 Å². The Balaban J connectivity index is 1.59. The van der Waals surface area contributed by atoms with E-state index in [0.29, 0.717) is 11.4 Å². The van der Waals surface area contributed by atoms with E-state index in [2.05, 4.69) is 5.32 Å². The monoisotopic (exact) mass is 346 g/mol. The molecule has 1 aliphatic heterocycles. The largest absolute Gasteiger partial charge is 0.495 e. The van der Waals surface area contributed by atoms with Gasteiger partial charge < -0.3 is 15.0 Å². The summed E-state index contributed by atoms with van der Waals surface area (Å²) >= 11 is 0. The lowest BCUT2D eigenvalue weighted by Crippen LogP contribution is -2.54. The summed E-state index contributed by atoms with van der Waals surface area (Å²) in [5, 5.41) is 2.77. The minimum Gasteiger partial charge on any atom is -0.495 e. The first-order chi connectivity index (χ1) is 12.0. The summed E-state index contributed by atoms with van der Waals surface area (Å²) in [5.74, 6) is -2.55. The number of carbonyl (C=O) groups is 2. The minimum absolute atomic E-state index is 0.0579. The summed E-state index contributed by atoms with van der Waals surface area (Å²) in [6.45, 7) is 0.442. The molecule has 2 aromatic rings. The van der Waals surface area contributed by atoms with Crippen molar-refractivity contribution in [2.75, 3.05) is 25.5 Å². The summed E-state index contributed by atoms with van der Waals surface area (Å²) < 4.78 is 31.3. The number of methoxy groups -OCH3 is 1. The summed E-state index contributed by atoms with van der Waals surface area (Å²) in [5.41, 5.74) is 0.614. The predicted molar refractivity (Wildman–Crippen MR) is 87.4 cm³/mol. The summed E-state index contributed by atoms with van der Waals surface area (Å²) in [6.07, 6.45) is 0. The van der Waals surface area contributed by atoms with Crippen LogP contribution in [0.2, 0.25) is 0 Å². The van der Waals surface area contributed by atoms with Gasteiger partial charge in [0, 0.05) is 18.7 Å². The van der Waals surface area contributed by atoms with Crippen LogP contribution >= 0.6 is 0 Å². The molecule has 25 heavy (non-hydrogen) atoms. The molecule has 0 bridgehead atoms. The van der Waals surface area contributed by atoms with Gasteiger partial charge in [0.15, 0.2) is 11.6 Å². The second-order valence-corrected chi connectivity index (χ2v) is 5.73. The van der Waals surface area contributed by atoms with E-state index in [0.717, 1.165) is 12.1 Å². The Morgan fingerprint density at radius 3 is 2.52 bits per heavy atom. The fourth-order valence-corrected chi connectivity index (χ4v) is 2.60. The number of hydrogen-bond acceptors (Lipinski definition) is 3. The van der Waals surface area contributed by atoms with Gasteiger partial charge in [-0.15, -0.1) is 0 Å². The second-order valence-electron chi connectivity index (χ2n) is 5.73. The lowest BCUT2D eigenvalue weighted by Gasteiger charge is -2.38. The molecule has 1 heterocycles. The van der Waals surface area contributed by atoms with Gasteiger partial charge in [0.1, 0.15) is 5.75 Å². The number of nitrogens with zero attached hydrogens (tertiary/aromatic N) is 1. The van der Waals surface area contributed by atoms with Crippen LogP contribution in [0.3, 0.4) is 0 Å². The topological polar surface area (TPSA) is 58.6 Å². The van der Waals surface area contributed by atoms with Gasteiger partial charge >= 0.3 is 0 Å². The number of para-hydroxylation sites is 2. The van der Waals surface area contributed by atoms with Gasteiger partial charge in [-0.25, -0.2) is 8.78 Å².